The van der Waals surface area contributed by atoms with E-state index in [2.05, 4.69) is 0 Å². The van der Waals surface area contributed by atoms with E-state index in [0.717, 1.165) is 0 Å². The van der Waals surface area contributed by atoms with Crippen molar-refractivity contribution in [2.24, 2.45) is 0 Å². The van der Waals surface area contributed by atoms with Crippen LogP contribution in [0.25, 0.3) is 0 Å². The molecule has 0 aliphatic heterocycles. The van der Waals surface area contributed by atoms with Gasteiger partial charge in [-0.15, -0.1) is 0 Å². The highest BCUT2D eigenvalue weighted by Gasteiger charge is 2.34. The Labute approximate surface area is 107 Å². The normalized spacial score (nSPS) is 14.1. The van der Waals surface area contributed by atoms with E-state index >= 15 is 0 Å². The summed E-state index contributed by atoms with van der Waals surface area (Å²) < 4.78 is 23.9. The van der Waals surface area contributed by atoms with Crippen molar-refractivity contribution < 1.29 is 18.7 Å². The Morgan fingerprint density at radius 2 is 2.06 bits per heavy atom. The van der Waals surface area contributed by atoms with Crippen molar-refractivity contribution in [1.82, 2.24) is 0 Å². The molecule has 0 saturated heterocycles. The van der Waals surface area contributed by atoms with Gasteiger partial charge >= 0.3 is 0 Å². The van der Waals surface area contributed by atoms with Gasteiger partial charge in [-0.3, -0.25) is 4.79 Å². The molecule has 0 fully saturated rings. The van der Waals surface area contributed by atoms with E-state index in [1.807, 2.05) is 13.8 Å². The van der Waals surface area contributed by atoms with Gasteiger partial charge in [0.1, 0.15) is 17.2 Å². The van der Waals surface area contributed by atoms with E-state index in [-0.39, 0.29) is 11.3 Å². The Hall–Kier alpha value is -1.42. The molecule has 1 aromatic carbocycles. The van der Waals surface area contributed by atoms with Crippen LogP contribution in [0.3, 0.4) is 0 Å². The zero-order valence-electron chi connectivity index (χ0n) is 11.2. The molecule has 18 heavy (non-hydrogen) atoms. The molecular weight excluding hydrogens is 235 g/mol. The maximum atomic E-state index is 13.3. The number of carbonyl (C=O) groups is 1. The highest BCUT2D eigenvalue weighted by molar-refractivity contribution is 6.04. The minimum Gasteiger partial charge on any atom is -0.496 e. The van der Waals surface area contributed by atoms with Gasteiger partial charge in [-0.1, -0.05) is 6.92 Å². The Morgan fingerprint density at radius 3 is 2.56 bits per heavy atom. The van der Waals surface area contributed by atoms with Crippen LogP contribution in [0.5, 0.6) is 5.75 Å². The van der Waals surface area contributed by atoms with Crippen molar-refractivity contribution in [2.75, 3.05) is 13.7 Å². The van der Waals surface area contributed by atoms with Crippen LogP contribution in [0, 0.1) is 5.82 Å². The van der Waals surface area contributed by atoms with Gasteiger partial charge in [0.15, 0.2) is 5.78 Å². The molecule has 0 bridgehead atoms. The second-order valence-electron chi connectivity index (χ2n) is 4.19. The molecule has 1 rings (SSSR count). The van der Waals surface area contributed by atoms with Gasteiger partial charge in [0.05, 0.1) is 12.7 Å². The van der Waals surface area contributed by atoms with Gasteiger partial charge < -0.3 is 9.47 Å². The quantitative estimate of drug-likeness (QED) is 0.731. The van der Waals surface area contributed by atoms with Gasteiger partial charge in [0.2, 0.25) is 0 Å². The number of Topliss-reactive ketones (excluding diaryl/α,β-unsaturated/α-hetero) is 1. The van der Waals surface area contributed by atoms with Crippen molar-refractivity contribution >= 4 is 5.78 Å². The topological polar surface area (TPSA) is 35.5 Å². The summed E-state index contributed by atoms with van der Waals surface area (Å²) in [6.07, 6.45) is 0.513. The summed E-state index contributed by atoms with van der Waals surface area (Å²) in [4.78, 5) is 12.4. The fourth-order valence-electron chi connectivity index (χ4n) is 1.79. The highest BCUT2D eigenvalue weighted by atomic mass is 19.1. The number of methoxy groups -OCH3 is 1. The monoisotopic (exact) mass is 254 g/mol. The van der Waals surface area contributed by atoms with E-state index in [9.17, 15) is 9.18 Å². The van der Waals surface area contributed by atoms with Crippen molar-refractivity contribution in [2.45, 2.75) is 32.8 Å². The number of carbonyl (C=O) groups excluding carboxylic acids is 1. The van der Waals surface area contributed by atoms with Crippen LogP contribution in [0.1, 0.15) is 37.6 Å². The van der Waals surface area contributed by atoms with Gasteiger partial charge in [-0.05, 0) is 38.5 Å². The van der Waals surface area contributed by atoms with E-state index in [1.165, 1.54) is 25.3 Å². The smallest absolute Gasteiger partial charge is 0.198 e. The molecular formula is C14H19FO3. The summed E-state index contributed by atoms with van der Waals surface area (Å²) >= 11 is 0. The predicted octanol–water partition coefficient (Wildman–Crippen LogP) is 3.22. The van der Waals surface area contributed by atoms with Gasteiger partial charge in [-0.25, -0.2) is 4.39 Å². The minimum atomic E-state index is -0.949. The molecule has 0 saturated carbocycles. The fourth-order valence-corrected chi connectivity index (χ4v) is 1.79. The Bertz CT molecular complexity index is 431. The standard InChI is InChI=1S/C14H19FO3/c1-5-14(3,18-6-2)13(16)11-9-10(15)7-8-12(11)17-4/h7-9H,5-6H2,1-4H3. The summed E-state index contributed by atoms with van der Waals surface area (Å²) in [5.41, 5.74) is -0.731. The Morgan fingerprint density at radius 1 is 1.39 bits per heavy atom. The van der Waals surface area contributed by atoms with E-state index < -0.39 is 11.4 Å². The summed E-state index contributed by atoms with van der Waals surface area (Å²) in [6, 6.07) is 3.90. The summed E-state index contributed by atoms with van der Waals surface area (Å²) in [5, 5.41) is 0. The fraction of sp³-hybridized carbons (Fsp3) is 0.500. The lowest BCUT2D eigenvalue weighted by atomic mass is 9.91. The molecule has 0 aliphatic rings. The van der Waals surface area contributed by atoms with E-state index in [0.29, 0.717) is 18.8 Å². The summed E-state index contributed by atoms with van der Waals surface area (Å²) in [7, 11) is 1.45. The van der Waals surface area contributed by atoms with Crippen LogP contribution in [0.4, 0.5) is 4.39 Å². The van der Waals surface area contributed by atoms with Crippen LogP contribution in [-0.2, 0) is 4.74 Å². The van der Waals surface area contributed by atoms with E-state index in [1.54, 1.807) is 6.92 Å². The van der Waals surface area contributed by atoms with E-state index in [4.69, 9.17) is 9.47 Å². The SMILES string of the molecule is CCOC(C)(CC)C(=O)c1cc(F)ccc1OC. The lowest BCUT2D eigenvalue weighted by Crippen LogP contribution is -2.38. The number of hydrogen-bond acceptors (Lipinski definition) is 3. The molecule has 0 radical (unpaired) electrons. The second kappa shape index (κ2) is 5.96. The van der Waals surface area contributed by atoms with Gasteiger partial charge in [0, 0.05) is 6.61 Å². The molecule has 0 aliphatic carbocycles. The number of benzene rings is 1. The number of hydrogen-bond donors (Lipinski definition) is 0. The van der Waals surface area contributed by atoms with Crippen LogP contribution < -0.4 is 4.74 Å². The molecule has 0 heterocycles. The third kappa shape index (κ3) is 2.88. The highest BCUT2D eigenvalue weighted by Crippen LogP contribution is 2.28. The van der Waals surface area contributed by atoms with Crippen LogP contribution in [0.15, 0.2) is 18.2 Å². The average Bonchev–Trinajstić information content (AvgIpc) is 2.38. The maximum absolute atomic E-state index is 13.3. The first-order valence-electron chi connectivity index (χ1n) is 6.00. The molecule has 4 heteroatoms. The number of rotatable bonds is 6. The summed E-state index contributed by atoms with van der Waals surface area (Å²) in [5.74, 6) is -0.363. The first kappa shape index (κ1) is 14.6. The first-order valence-corrected chi connectivity index (χ1v) is 6.00. The Kier molecular flexibility index (Phi) is 4.84. The summed E-state index contributed by atoms with van der Waals surface area (Å²) in [6.45, 7) is 5.82. The van der Waals surface area contributed by atoms with Crippen molar-refractivity contribution in [3.8, 4) is 5.75 Å². The second-order valence-corrected chi connectivity index (χ2v) is 4.19. The number of halogens is 1. The van der Waals surface area contributed by atoms with Gasteiger partial charge in [-0.2, -0.15) is 0 Å². The molecule has 100 valence electrons. The lowest BCUT2D eigenvalue weighted by Gasteiger charge is -2.27. The van der Waals surface area contributed by atoms with Gasteiger partial charge in [0.25, 0.3) is 0 Å². The van der Waals surface area contributed by atoms with Crippen LogP contribution in [-0.4, -0.2) is 25.1 Å². The Balaban J connectivity index is 3.20. The molecule has 0 amide bonds. The molecule has 0 spiro atoms. The lowest BCUT2D eigenvalue weighted by molar-refractivity contribution is -0.0118. The van der Waals surface area contributed by atoms with Crippen LogP contribution in [0.2, 0.25) is 0 Å². The van der Waals surface area contributed by atoms with Crippen molar-refractivity contribution in [1.29, 1.82) is 0 Å². The molecule has 1 atom stereocenters. The molecule has 0 aromatic heterocycles. The number of ether oxygens (including phenoxy) is 2. The van der Waals surface area contributed by atoms with Crippen LogP contribution >= 0.6 is 0 Å². The zero-order chi connectivity index (χ0) is 13.8. The average molecular weight is 254 g/mol. The first-order chi connectivity index (χ1) is 8.48. The van der Waals surface area contributed by atoms with Crippen molar-refractivity contribution in [3.05, 3.63) is 29.6 Å². The predicted molar refractivity (Wildman–Crippen MR) is 67.6 cm³/mol. The zero-order valence-corrected chi connectivity index (χ0v) is 11.2. The largest absolute Gasteiger partial charge is 0.496 e. The van der Waals surface area contributed by atoms with Crippen molar-refractivity contribution in [3.63, 3.8) is 0 Å². The molecule has 1 aromatic rings. The molecule has 0 N–H and O–H groups in total. The minimum absolute atomic E-state index is 0.218. The number of ketones is 1. The maximum Gasteiger partial charge on any atom is 0.198 e. The molecule has 3 nitrogen and oxygen atoms in total. The third-order valence-corrected chi connectivity index (χ3v) is 3.02. The molecule has 1 unspecified atom stereocenters. The third-order valence-electron chi connectivity index (χ3n) is 3.02.